The first-order valence-corrected chi connectivity index (χ1v) is 9.49. The molecule has 1 aliphatic heterocycles. The molecule has 1 heterocycles. The maximum absolute atomic E-state index is 12.6. The minimum Gasteiger partial charge on any atom is -0.493 e. The lowest BCUT2D eigenvalue weighted by atomic mass is 9.94. The van der Waals surface area contributed by atoms with Gasteiger partial charge in [0.25, 0.3) is 0 Å². The standard InChI is InChI=1S/C20H31N3O5/c1-6-20(21,7-2)12-22-19(25)13-8-17(24)23(11-13)14-9-15(26-3)18(28-5)16(10-14)27-4/h9-10,13H,6-8,11-12,21H2,1-5H3,(H,22,25). The molecular formula is C20H31N3O5. The summed E-state index contributed by atoms with van der Waals surface area (Å²) in [6, 6.07) is 3.41. The zero-order valence-corrected chi connectivity index (χ0v) is 17.3. The highest BCUT2D eigenvalue weighted by atomic mass is 16.5. The fraction of sp³-hybridized carbons (Fsp3) is 0.600. The molecule has 1 saturated heterocycles. The third-order valence-electron chi connectivity index (χ3n) is 5.48. The minimum atomic E-state index is -0.426. The number of nitrogens with two attached hydrogens (primary N) is 1. The second kappa shape index (κ2) is 9.14. The van der Waals surface area contributed by atoms with E-state index in [2.05, 4.69) is 5.32 Å². The van der Waals surface area contributed by atoms with Gasteiger partial charge in [-0.2, -0.15) is 0 Å². The number of hydrogen-bond acceptors (Lipinski definition) is 6. The Morgan fingerprint density at radius 2 is 1.75 bits per heavy atom. The van der Waals surface area contributed by atoms with Crippen LogP contribution >= 0.6 is 0 Å². The van der Waals surface area contributed by atoms with E-state index in [4.69, 9.17) is 19.9 Å². The molecule has 1 aromatic rings. The van der Waals surface area contributed by atoms with Crippen molar-refractivity contribution in [1.82, 2.24) is 5.32 Å². The molecular weight excluding hydrogens is 362 g/mol. The van der Waals surface area contributed by atoms with Crippen molar-refractivity contribution in [2.45, 2.75) is 38.6 Å². The molecule has 0 aliphatic carbocycles. The molecule has 2 rings (SSSR count). The average molecular weight is 393 g/mol. The van der Waals surface area contributed by atoms with Gasteiger partial charge in [0.15, 0.2) is 11.5 Å². The van der Waals surface area contributed by atoms with Gasteiger partial charge in [0, 0.05) is 37.2 Å². The summed E-state index contributed by atoms with van der Waals surface area (Å²) in [6.45, 7) is 4.69. The summed E-state index contributed by atoms with van der Waals surface area (Å²) in [5.74, 6) is 0.657. The van der Waals surface area contributed by atoms with E-state index < -0.39 is 11.5 Å². The van der Waals surface area contributed by atoms with Gasteiger partial charge in [0.1, 0.15) is 0 Å². The molecule has 1 fully saturated rings. The van der Waals surface area contributed by atoms with Crippen molar-refractivity contribution in [2.75, 3.05) is 39.3 Å². The summed E-state index contributed by atoms with van der Waals surface area (Å²) >= 11 is 0. The molecule has 0 bridgehead atoms. The van der Waals surface area contributed by atoms with Crippen LogP contribution in [0.15, 0.2) is 12.1 Å². The Balaban J connectivity index is 2.15. The molecule has 156 valence electrons. The number of benzene rings is 1. The van der Waals surface area contributed by atoms with Crippen LogP contribution in [0, 0.1) is 5.92 Å². The number of nitrogens with one attached hydrogen (secondary N) is 1. The van der Waals surface area contributed by atoms with Crippen molar-refractivity contribution >= 4 is 17.5 Å². The molecule has 1 atom stereocenters. The van der Waals surface area contributed by atoms with E-state index in [1.54, 1.807) is 17.0 Å². The smallest absolute Gasteiger partial charge is 0.227 e. The number of ether oxygens (including phenoxy) is 3. The van der Waals surface area contributed by atoms with Crippen molar-refractivity contribution in [1.29, 1.82) is 0 Å². The van der Waals surface area contributed by atoms with Gasteiger partial charge in [-0.1, -0.05) is 13.8 Å². The van der Waals surface area contributed by atoms with Gasteiger partial charge in [-0.15, -0.1) is 0 Å². The second-order valence-corrected chi connectivity index (χ2v) is 7.08. The second-order valence-electron chi connectivity index (χ2n) is 7.08. The normalized spacial score (nSPS) is 16.9. The van der Waals surface area contributed by atoms with Crippen molar-refractivity contribution in [3.05, 3.63) is 12.1 Å². The summed E-state index contributed by atoms with van der Waals surface area (Å²) < 4.78 is 16.0. The van der Waals surface area contributed by atoms with Crippen LogP contribution in [0.3, 0.4) is 0 Å². The highest BCUT2D eigenvalue weighted by Gasteiger charge is 2.36. The van der Waals surface area contributed by atoms with Crippen molar-refractivity contribution in [3.63, 3.8) is 0 Å². The molecule has 1 aliphatic rings. The van der Waals surface area contributed by atoms with E-state index >= 15 is 0 Å². The van der Waals surface area contributed by atoms with Gasteiger partial charge in [-0.25, -0.2) is 0 Å². The zero-order chi connectivity index (χ0) is 20.9. The highest BCUT2D eigenvalue weighted by molar-refractivity contribution is 6.00. The van der Waals surface area contributed by atoms with Crippen LogP contribution in [0.4, 0.5) is 5.69 Å². The van der Waals surface area contributed by atoms with Gasteiger partial charge in [0.05, 0.1) is 32.9 Å². The van der Waals surface area contributed by atoms with E-state index in [1.165, 1.54) is 21.3 Å². The van der Waals surface area contributed by atoms with Crippen LogP contribution in [0.25, 0.3) is 0 Å². The van der Waals surface area contributed by atoms with Crippen molar-refractivity contribution in [3.8, 4) is 17.2 Å². The van der Waals surface area contributed by atoms with Crippen LogP contribution in [-0.2, 0) is 9.59 Å². The number of anilines is 1. The Kier molecular flexibility index (Phi) is 7.12. The van der Waals surface area contributed by atoms with Crippen LogP contribution in [0.1, 0.15) is 33.1 Å². The summed E-state index contributed by atoms with van der Waals surface area (Å²) in [4.78, 5) is 26.7. The number of hydrogen-bond donors (Lipinski definition) is 2. The molecule has 1 aromatic carbocycles. The van der Waals surface area contributed by atoms with Gasteiger partial charge in [0.2, 0.25) is 17.6 Å². The first kappa shape index (κ1) is 21.8. The summed E-state index contributed by atoms with van der Waals surface area (Å²) in [5, 5.41) is 2.91. The lowest BCUT2D eigenvalue weighted by molar-refractivity contribution is -0.126. The van der Waals surface area contributed by atoms with Gasteiger partial charge in [-0.3, -0.25) is 9.59 Å². The predicted octanol–water partition coefficient (Wildman–Crippen LogP) is 1.70. The van der Waals surface area contributed by atoms with Crippen LogP contribution in [-0.4, -0.2) is 51.8 Å². The SMILES string of the molecule is CCC(N)(CC)CNC(=O)C1CC(=O)N(c2cc(OC)c(OC)c(OC)c2)C1. The zero-order valence-electron chi connectivity index (χ0n) is 17.3. The Bertz CT molecular complexity index is 693. The fourth-order valence-electron chi connectivity index (χ4n) is 3.26. The van der Waals surface area contributed by atoms with Gasteiger partial charge < -0.3 is 30.2 Å². The molecule has 0 saturated carbocycles. The van der Waals surface area contributed by atoms with Gasteiger partial charge in [-0.05, 0) is 12.8 Å². The molecule has 3 N–H and O–H groups in total. The maximum atomic E-state index is 12.6. The van der Waals surface area contributed by atoms with Crippen LogP contribution in [0.5, 0.6) is 17.2 Å². The quantitative estimate of drug-likeness (QED) is 0.662. The Labute approximate surface area is 166 Å². The molecule has 2 amide bonds. The highest BCUT2D eigenvalue weighted by Crippen LogP contribution is 2.42. The van der Waals surface area contributed by atoms with Gasteiger partial charge >= 0.3 is 0 Å². The monoisotopic (exact) mass is 393 g/mol. The van der Waals surface area contributed by atoms with E-state index in [9.17, 15) is 9.59 Å². The van der Waals surface area contributed by atoms with Crippen LogP contribution < -0.4 is 30.2 Å². The summed E-state index contributed by atoms with van der Waals surface area (Å²) in [5.41, 5.74) is 6.43. The number of carbonyl (C=O) groups excluding carboxylic acids is 2. The molecule has 0 spiro atoms. The Morgan fingerprint density at radius 3 is 2.21 bits per heavy atom. The molecule has 0 aromatic heterocycles. The number of rotatable bonds is 9. The Morgan fingerprint density at radius 1 is 1.18 bits per heavy atom. The van der Waals surface area contributed by atoms with Crippen LogP contribution in [0.2, 0.25) is 0 Å². The third-order valence-corrected chi connectivity index (χ3v) is 5.48. The topological polar surface area (TPSA) is 103 Å². The lowest BCUT2D eigenvalue weighted by Gasteiger charge is -2.27. The maximum Gasteiger partial charge on any atom is 0.227 e. The molecule has 0 radical (unpaired) electrons. The van der Waals surface area contributed by atoms with Crippen molar-refractivity contribution < 1.29 is 23.8 Å². The van der Waals surface area contributed by atoms with Crippen molar-refractivity contribution in [2.24, 2.45) is 11.7 Å². The number of carbonyl (C=O) groups is 2. The minimum absolute atomic E-state index is 0.126. The predicted molar refractivity (Wildman–Crippen MR) is 107 cm³/mol. The molecule has 8 nitrogen and oxygen atoms in total. The fourth-order valence-corrected chi connectivity index (χ4v) is 3.26. The van der Waals surface area contributed by atoms with E-state index in [-0.39, 0.29) is 18.2 Å². The number of amides is 2. The number of nitrogens with zero attached hydrogens (tertiary/aromatic N) is 1. The first-order valence-electron chi connectivity index (χ1n) is 9.49. The third kappa shape index (κ3) is 4.49. The average Bonchev–Trinajstić information content (AvgIpc) is 3.12. The largest absolute Gasteiger partial charge is 0.493 e. The molecule has 1 unspecified atom stereocenters. The number of methoxy groups -OCH3 is 3. The molecule has 28 heavy (non-hydrogen) atoms. The van der Waals surface area contributed by atoms with E-state index in [0.717, 1.165) is 12.8 Å². The first-order chi connectivity index (χ1) is 13.3. The molecule has 8 heteroatoms. The summed E-state index contributed by atoms with van der Waals surface area (Å²) in [6.07, 6.45) is 1.69. The Hall–Kier alpha value is -2.48. The van der Waals surface area contributed by atoms with E-state index in [1.807, 2.05) is 13.8 Å². The summed E-state index contributed by atoms with van der Waals surface area (Å²) in [7, 11) is 4.55. The van der Waals surface area contributed by atoms with E-state index in [0.29, 0.717) is 36.0 Å². The lowest BCUT2D eigenvalue weighted by Crippen LogP contribution is -2.50.